The first-order valence-corrected chi connectivity index (χ1v) is 12.3. The number of allylic oxidation sites excluding steroid dienone is 5. The Bertz CT molecular complexity index is 676. The number of methoxy groups -OCH3 is 2. The molecule has 1 aromatic carbocycles. The van der Waals surface area contributed by atoms with Gasteiger partial charge < -0.3 is 14.2 Å². The Morgan fingerprint density at radius 2 is 1.45 bits per heavy atom. The molecule has 0 saturated heterocycles. The number of esters is 1. The zero-order valence-corrected chi connectivity index (χ0v) is 21.4. The molecule has 0 unspecified atom stereocenters. The van der Waals surface area contributed by atoms with Crippen LogP contribution in [-0.4, -0.2) is 26.8 Å². The van der Waals surface area contributed by atoms with E-state index in [-0.39, 0.29) is 5.97 Å². The van der Waals surface area contributed by atoms with Crippen molar-refractivity contribution in [1.29, 1.82) is 0 Å². The maximum Gasteiger partial charge on any atom is 0.302 e. The van der Waals surface area contributed by atoms with E-state index in [4.69, 9.17) is 14.2 Å². The predicted molar refractivity (Wildman–Crippen MR) is 140 cm³/mol. The third-order valence-corrected chi connectivity index (χ3v) is 4.96. The largest absolute Gasteiger partial charge is 0.493 e. The summed E-state index contributed by atoms with van der Waals surface area (Å²) in [5.41, 5.74) is 1.17. The summed E-state index contributed by atoms with van der Waals surface area (Å²) in [5, 5.41) is 0. The lowest BCUT2D eigenvalue weighted by atomic mass is 10.1. The van der Waals surface area contributed by atoms with Gasteiger partial charge in [0.2, 0.25) is 0 Å². The van der Waals surface area contributed by atoms with Crippen LogP contribution < -0.4 is 9.47 Å². The number of carbonyl (C=O) groups excluding carboxylic acids is 1. The van der Waals surface area contributed by atoms with Gasteiger partial charge in [0.25, 0.3) is 0 Å². The van der Waals surface area contributed by atoms with Gasteiger partial charge in [0.1, 0.15) is 0 Å². The Morgan fingerprint density at radius 1 is 0.848 bits per heavy atom. The van der Waals surface area contributed by atoms with Crippen molar-refractivity contribution in [3.63, 3.8) is 0 Å². The number of hydrogen-bond acceptors (Lipinski definition) is 4. The molecule has 0 radical (unpaired) electrons. The van der Waals surface area contributed by atoms with E-state index in [0.717, 1.165) is 37.2 Å². The highest BCUT2D eigenvalue weighted by molar-refractivity contribution is 5.65. The normalized spacial score (nSPS) is 10.7. The van der Waals surface area contributed by atoms with Crippen molar-refractivity contribution in [3.05, 3.63) is 60.7 Å². The minimum absolute atomic E-state index is 0.170. The highest BCUT2D eigenvalue weighted by Crippen LogP contribution is 2.27. The number of ether oxygens (including phenoxy) is 3. The fraction of sp³-hybridized carbons (Fsp3) is 0.552. The van der Waals surface area contributed by atoms with Crippen molar-refractivity contribution in [3.8, 4) is 11.5 Å². The summed E-state index contributed by atoms with van der Waals surface area (Å²) in [6, 6.07) is 5.86. The molecular formula is C29H46O4. The summed E-state index contributed by atoms with van der Waals surface area (Å²) < 4.78 is 15.2. The lowest BCUT2D eigenvalue weighted by Gasteiger charge is -2.08. The van der Waals surface area contributed by atoms with Gasteiger partial charge in [0.15, 0.2) is 11.5 Å². The molecule has 4 heteroatoms. The van der Waals surface area contributed by atoms with E-state index in [1.807, 2.05) is 24.3 Å². The van der Waals surface area contributed by atoms with Crippen molar-refractivity contribution in [2.45, 2.75) is 84.5 Å². The fourth-order valence-corrected chi connectivity index (χ4v) is 3.09. The van der Waals surface area contributed by atoms with Crippen LogP contribution in [0.25, 0.3) is 0 Å². The molecule has 0 bridgehead atoms. The molecule has 0 atom stereocenters. The van der Waals surface area contributed by atoms with Gasteiger partial charge >= 0.3 is 5.97 Å². The summed E-state index contributed by atoms with van der Waals surface area (Å²) in [6.45, 7) is 7.95. The lowest BCUT2D eigenvalue weighted by molar-refractivity contribution is -0.141. The van der Waals surface area contributed by atoms with Crippen LogP contribution in [0.3, 0.4) is 0 Å². The molecule has 0 aromatic heterocycles. The highest BCUT2D eigenvalue weighted by atomic mass is 16.5. The van der Waals surface area contributed by atoms with Gasteiger partial charge in [-0.15, -0.1) is 6.58 Å². The minimum Gasteiger partial charge on any atom is -0.493 e. The molecule has 186 valence electrons. The number of benzene rings is 1. The molecule has 0 amide bonds. The van der Waals surface area contributed by atoms with Crippen LogP contribution >= 0.6 is 0 Å². The van der Waals surface area contributed by atoms with E-state index in [1.165, 1.54) is 57.4 Å². The van der Waals surface area contributed by atoms with Gasteiger partial charge in [-0.1, -0.05) is 69.1 Å². The second kappa shape index (κ2) is 22.7. The van der Waals surface area contributed by atoms with E-state index in [0.29, 0.717) is 6.61 Å². The minimum atomic E-state index is -0.170. The standard InChI is InChI=1S/C18H32O2.C11H14O2/c1-3-4-5-6-7-8-9-10-11-12-13-14-15-16-17-20-18(2)19;1-4-5-9-6-7-10(12-2)11(8-9)13-3/h6-7,10-11H,3-5,8-9,12-17H2,1-2H3;4,6-8H,1,5H2,2-3H3. The molecule has 0 fully saturated rings. The number of hydrogen-bond donors (Lipinski definition) is 0. The molecule has 1 aromatic rings. The molecule has 4 nitrogen and oxygen atoms in total. The monoisotopic (exact) mass is 458 g/mol. The van der Waals surface area contributed by atoms with E-state index in [2.05, 4.69) is 37.8 Å². The van der Waals surface area contributed by atoms with Crippen LogP contribution in [0, 0.1) is 0 Å². The van der Waals surface area contributed by atoms with E-state index < -0.39 is 0 Å². The number of carbonyl (C=O) groups is 1. The topological polar surface area (TPSA) is 44.8 Å². The maximum atomic E-state index is 10.5. The Labute approximate surface area is 202 Å². The Balaban J connectivity index is 0.000000676. The summed E-state index contributed by atoms with van der Waals surface area (Å²) in [6.07, 6.45) is 23.8. The van der Waals surface area contributed by atoms with Crippen LogP contribution in [0.1, 0.15) is 83.6 Å². The summed E-state index contributed by atoms with van der Waals surface area (Å²) in [7, 11) is 3.26. The van der Waals surface area contributed by atoms with Crippen molar-refractivity contribution >= 4 is 5.97 Å². The molecule has 1 rings (SSSR count). The number of rotatable bonds is 17. The first kappa shape index (κ1) is 30.5. The van der Waals surface area contributed by atoms with E-state index >= 15 is 0 Å². The second-order valence-corrected chi connectivity index (χ2v) is 7.89. The van der Waals surface area contributed by atoms with Crippen molar-refractivity contribution in [2.75, 3.05) is 20.8 Å². The molecule has 0 spiro atoms. The molecule has 33 heavy (non-hydrogen) atoms. The Hall–Kier alpha value is -2.49. The van der Waals surface area contributed by atoms with Crippen LogP contribution in [0.5, 0.6) is 11.5 Å². The third kappa shape index (κ3) is 18.8. The summed E-state index contributed by atoms with van der Waals surface area (Å²) in [4.78, 5) is 10.5. The Kier molecular flexibility index (Phi) is 21.0. The van der Waals surface area contributed by atoms with Crippen molar-refractivity contribution < 1.29 is 19.0 Å². The number of unbranched alkanes of at least 4 members (excludes halogenated alkanes) is 7. The average molecular weight is 459 g/mol. The SMILES string of the molecule is C=CCc1ccc(OC)c(OC)c1.CCCCC=CCCC=CCCCCCCOC(C)=O. The molecule has 0 aliphatic rings. The molecule has 0 aliphatic heterocycles. The first-order valence-electron chi connectivity index (χ1n) is 12.3. The first-order chi connectivity index (χ1) is 16.1. The third-order valence-electron chi connectivity index (χ3n) is 4.96. The van der Waals surface area contributed by atoms with Crippen LogP contribution in [-0.2, 0) is 16.0 Å². The summed E-state index contributed by atoms with van der Waals surface area (Å²) in [5.74, 6) is 1.36. The predicted octanol–water partition coefficient (Wildman–Crippen LogP) is 8.02. The maximum absolute atomic E-state index is 10.5. The van der Waals surface area contributed by atoms with Crippen molar-refractivity contribution in [2.24, 2.45) is 0 Å². The molecule has 0 aliphatic carbocycles. The lowest BCUT2D eigenvalue weighted by Crippen LogP contribution is -1.99. The van der Waals surface area contributed by atoms with Crippen LogP contribution in [0.2, 0.25) is 0 Å². The zero-order chi connectivity index (χ0) is 24.6. The molecular weight excluding hydrogens is 412 g/mol. The van der Waals surface area contributed by atoms with Gasteiger partial charge in [0.05, 0.1) is 20.8 Å². The van der Waals surface area contributed by atoms with Crippen LogP contribution in [0.4, 0.5) is 0 Å². The fourth-order valence-electron chi connectivity index (χ4n) is 3.09. The molecule has 0 heterocycles. The molecule has 0 N–H and O–H groups in total. The quantitative estimate of drug-likeness (QED) is 0.135. The Morgan fingerprint density at radius 3 is 2.03 bits per heavy atom. The smallest absolute Gasteiger partial charge is 0.302 e. The summed E-state index contributed by atoms with van der Waals surface area (Å²) >= 11 is 0. The highest BCUT2D eigenvalue weighted by Gasteiger charge is 2.02. The molecule has 0 saturated carbocycles. The van der Waals surface area contributed by atoms with Gasteiger partial charge in [-0.3, -0.25) is 4.79 Å². The zero-order valence-electron chi connectivity index (χ0n) is 21.4. The van der Waals surface area contributed by atoms with Gasteiger partial charge in [-0.25, -0.2) is 0 Å². The second-order valence-electron chi connectivity index (χ2n) is 7.89. The van der Waals surface area contributed by atoms with Crippen LogP contribution in [0.15, 0.2) is 55.2 Å². The average Bonchev–Trinajstić information content (AvgIpc) is 2.82. The van der Waals surface area contributed by atoms with E-state index in [1.54, 1.807) is 14.2 Å². The van der Waals surface area contributed by atoms with Gasteiger partial charge in [0, 0.05) is 6.92 Å². The van der Waals surface area contributed by atoms with E-state index in [9.17, 15) is 4.79 Å². The van der Waals surface area contributed by atoms with Gasteiger partial charge in [-0.2, -0.15) is 0 Å². The van der Waals surface area contributed by atoms with Gasteiger partial charge in [-0.05, 0) is 62.6 Å². The van der Waals surface area contributed by atoms with Crippen molar-refractivity contribution in [1.82, 2.24) is 0 Å².